The maximum absolute atomic E-state index is 12.5. The van der Waals surface area contributed by atoms with Crippen molar-refractivity contribution in [2.24, 2.45) is 0 Å². The number of carbonyl (C=O) groups is 1. The third-order valence-electron chi connectivity index (χ3n) is 5.10. The molecular formula is C22H27NO2. The fourth-order valence-corrected chi connectivity index (χ4v) is 3.42. The van der Waals surface area contributed by atoms with Crippen LogP contribution in [0.4, 0.5) is 0 Å². The van der Waals surface area contributed by atoms with Crippen molar-refractivity contribution < 1.29 is 9.53 Å². The third-order valence-corrected chi connectivity index (χ3v) is 5.10. The quantitative estimate of drug-likeness (QED) is 0.757. The molecule has 0 heterocycles. The van der Waals surface area contributed by atoms with Crippen molar-refractivity contribution in [3.63, 3.8) is 0 Å². The average Bonchev–Trinajstić information content (AvgIpc) is 2.67. The topological polar surface area (TPSA) is 38.3 Å². The van der Waals surface area contributed by atoms with Crippen LogP contribution in [-0.2, 0) is 4.79 Å². The maximum atomic E-state index is 12.5. The summed E-state index contributed by atoms with van der Waals surface area (Å²) in [6, 6.07) is 12.2. The number of ether oxygens (including phenoxy) is 1. The summed E-state index contributed by atoms with van der Waals surface area (Å²) in [6.45, 7) is 2.71. The largest absolute Gasteiger partial charge is 0.497 e. The average molecular weight is 337 g/mol. The van der Waals surface area contributed by atoms with Crippen LogP contribution < -0.4 is 10.1 Å². The number of fused-ring (bicyclic) bond motifs is 1. The molecule has 25 heavy (non-hydrogen) atoms. The highest BCUT2D eigenvalue weighted by molar-refractivity contribution is 5.88. The lowest BCUT2D eigenvalue weighted by molar-refractivity contribution is -0.122. The number of rotatable bonds is 6. The molecule has 2 aromatic rings. The van der Waals surface area contributed by atoms with Crippen molar-refractivity contribution in [3.8, 4) is 5.75 Å². The zero-order chi connectivity index (χ0) is 17.6. The number of carbonyl (C=O) groups excluding carboxylic acids is 1. The summed E-state index contributed by atoms with van der Waals surface area (Å²) in [7, 11) is 1.67. The molecule has 3 heteroatoms. The normalized spacial score (nSPS) is 15.5. The van der Waals surface area contributed by atoms with Gasteiger partial charge in [0.25, 0.3) is 0 Å². The number of allylic oxidation sites excluding steroid dienone is 1. The van der Waals surface area contributed by atoms with Gasteiger partial charge in [-0.2, -0.15) is 0 Å². The molecule has 1 N–H and O–H groups in total. The first-order chi connectivity index (χ1) is 12.2. The number of methoxy groups -OCH3 is 1. The van der Waals surface area contributed by atoms with E-state index in [-0.39, 0.29) is 11.8 Å². The van der Waals surface area contributed by atoms with Crippen LogP contribution in [0, 0.1) is 0 Å². The number of hydrogen-bond acceptors (Lipinski definition) is 2. The maximum Gasteiger partial charge on any atom is 0.227 e. The van der Waals surface area contributed by atoms with Crippen LogP contribution in [0.5, 0.6) is 5.75 Å². The van der Waals surface area contributed by atoms with Gasteiger partial charge >= 0.3 is 0 Å². The molecule has 1 aliphatic rings. The lowest BCUT2D eigenvalue weighted by Crippen LogP contribution is -2.29. The minimum atomic E-state index is -0.146. The Labute approximate surface area is 150 Å². The highest BCUT2D eigenvalue weighted by atomic mass is 16.5. The summed E-state index contributed by atoms with van der Waals surface area (Å²) >= 11 is 0. The van der Waals surface area contributed by atoms with Crippen molar-refractivity contribution in [1.82, 2.24) is 5.32 Å². The molecule has 3 nitrogen and oxygen atoms in total. The lowest BCUT2D eigenvalue weighted by atomic mass is 9.96. The van der Waals surface area contributed by atoms with Crippen LogP contribution in [0.2, 0.25) is 0 Å². The zero-order valence-electron chi connectivity index (χ0n) is 15.2. The Bertz CT molecular complexity index is 779. The van der Waals surface area contributed by atoms with Crippen molar-refractivity contribution in [2.75, 3.05) is 13.7 Å². The van der Waals surface area contributed by atoms with E-state index in [4.69, 9.17) is 4.74 Å². The van der Waals surface area contributed by atoms with E-state index in [1.54, 1.807) is 7.11 Å². The molecule has 2 aromatic carbocycles. The van der Waals surface area contributed by atoms with Crippen LogP contribution >= 0.6 is 0 Å². The second-order valence-electron chi connectivity index (χ2n) is 6.84. The number of hydrogen-bond donors (Lipinski definition) is 1. The summed E-state index contributed by atoms with van der Waals surface area (Å²) in [5.74, 6) is 0.805. The number of nitrogens with one attached hydrogen (secondary N) is 1. The van der Waals surface area contributed by atoms with Gasteiger partial charge in [-0.3, -0.25) is 4.79 Å². The first-order valence-corrected chi connectivity index (χ1v) is 9.20. The Kier molecular flexibility index (Phi) is 5.75. The highest BCUT2D eigenvalue weighted by Gasteiger charge is 2.15. The molecule has 0 aliphatic heterocycles. The van der Waals surface area contributed by atoms with E-state index in [0.29, 0.717) is 0 Å². The summed E-state index contributed by atoms with van der Waals surface area (Å²) < 4.78 is 5.26. The van der Waals surface area contributed by atoms with Gasteiger partial charge in [0.2, 0.25) is 5.91 Å². The highest BCUT2D eigenvalue weighted by Crippen LogP contribution is 2.25. The first kappa shape index (κ1) is 17.5. The fraction of sp³-hybridized carbons (Fsp3) is 0.409. The minimum absolute atomic E-state index is 0.101. The standard InChI is InChI=1S/C22H27NO2/c1-16(22(24)23-13-12-17-6-4-3-5-7-17)18-8-9-20-15-21(25-2)11-10-19(20)14-18/h6,8-11,14-16H,3-5,7,12-13H2,1-2H3,(H,23,24)/t16-/m1/s1. The smallest absolute Gasteiger partial charge is 0.227 e. The van der Waals surface area contributed by atoms with Crippen molar-refractivity contribution in [2.45, 2.75) is 44.9 Å². The van der Waals surface area contributed by atoms with Gasteiger partial charge in [-0.05, 0) is 67.5 Å². The third kappa shape index (κ3) is 4.41. The van der Waals surface area contributed by atoms with Crippen LogP contribution in [0.15, 0.2) is 48.0 Å². The monoisotopic (exact) mass is 337 g/mol. The van der Waals surface area contributed by atoms with E-state index >= 15 is 0 Å². The van der Waals surface area contributed by atoms with Gasteiger partial charge in [-0.25, -0.2) is 0 Å². The molecule has 0 radical (unpaired) electrons. The number of amides is 1. The molecule has 3 rings (SSSR count). The molecule has 0 bridgehead atoms. The molecule has 0 saturated heterocycles. The lowest BCUT2D eigenvalue weighted by Gasteiger charge is -2.16. The van der Waals surface area contributed by atoms with Crippen molar-refractivity contribution in [1.29, 1.82) is 0 Å². The predicted molar refractivity (Wildman–Crippen MR) is 103 cm³/mol. The van der Waals surface area contributed by atoms with E-state index < -0.39 is 0 Å². The van der Waals surface area contributed by atoms with Crippen LogP contribution in [0.3, 0.4) is 0 Å². The van der Waals surface area contributed by atoms with Crippen LogP contribution in [0.1, 0.15) is 50.5 Å². The van der Waals surface area contributed by atoms with Gasteiger partial charge in [0, 0.05) is 6.54 Å². The van der Waals surface area contributed by atoms with Gasteiger partial charge in [0.05, 0.1) is 13.0 Å². The van der Waals surface area contributed by atoms with E-state index in [0.717, 1.165) is 35.1 Å². The van der Waals surface area contributed by atoms with Gasteiger partial charge in [0.15, 0.2) is 0 Å². The van der Waals surface area contributed by atoms with E-state index in [1.807, 2.05) is 31.2 Å². The summed E-state index contributed by atoms with van der Waals surface area (Å²) in [5.41, 5.74) is 2.55. The molecule has 132 valence electrons. The fourth-order valence-electron chi connectivity index (χ4n) is 3.42. The molecule has 0 spiro atoms. The van der Waals surface area contributed by atoms with Crippen molar-refractivity contribution >= 4 is 16.7 Å². The second kappa shape index (κ2) is 8.19. The summed E-state index contributed by atoms with van der Waals surface area (Å²) in [6.07, 6.45) is 8.31. The van der Waals surface area contributed by atoms with Gasteiger partial charge in [-0.15, -0.1) is 0 Å². The number of benzene rings is 2. The molecule has 0 aromatic heterocycles. The SMILES string of the molecule is COc1ccc2cc([C@@H](C)C(=O)NCCC3=CCCCC3)ccc2c1. The predicted octanol–water partition coefficient (Wildman–Crippen LogP) is 4.96. The summed E-state index contributed by atoms with van der Waals surface area (Å²) in [5, 5.41) is 5.35. The van der Waals surface area contributed by atoms with E-state index in [1.165, 1.54) is 31.3 Å². The summed E-state index contributed by atoms with van der Waals surface area (Å²) in [4.78, 5) is 12.5. The Morgan fingerprint density at radius 1 is 1.16 bits per heavy atom. The van der Waals surface area contributed by atoms with Gasteiger partial charge < -0.3 is 10.1 Å². The Hall–Kier alpha value is -2.29. The Morgan fingerprint density at radius 3 is 2.72 bits per heavy atom. The molecule has 1 aliphatic carbocycles. The molecule has 0 saturated carbocycles. The van der Waals surface area contributed by atoms with Gasteiger partial charge in [0.1, 0.15) is 5.75 Å². The molecule has 1 atom stereocenters. The molecule has 0 unspecified atom stereocenters. The van der Waals surface area contributed by atoms with Crippen molar-refractivity contribution in [3.05, 3.63) is 53.6 Å². The van der Waals surface area contributed by atoms with Crippen LogP contribution in [0.25, 0.3) is 10.8 Å². The zero-order valence-corrected chi connectivity index (χ0v) is 15.2. The first-order valence-electron chi connectivity index (χ1n) is 9.20. The second-order valence-corrected chi connectivity index (χ2v) is 6.84. The minimum Gasteiger partial charge on any atom is -0.497 e. The molecular weight excluding hydrogens is 310 g/mol. The van der Waals surface area contributed by atoms with Crippen LogP contribution in [-0.4, -0.2) is 19.6 Å². The molecule has 1 amide bonds. The van der Waals surface area contributed by atoms with E-state index in [9.17, 15) is 4.79 Å². The Balaban J connectivity index is 1.61. The van der Waals surface area contributed by atoms with E-state index in [2.05, 4.69) is 23.5 Å². The Morgan fingerprint density at radius 2 is 1.96 bits per heavy atom. The van der Waals surface area contributed by atoms with Gasteiger partial charge in [-0.1, -0.05) is 35.9 Å². The molecule has 0 fully saturated rings.